The molecule has 3 rings (SSSR count). The van der Waals surface area contributed by atoms with Gasteiger partial charge < -0.3 is 4.57 Å². The Balaban J connectivity index is 1.88. The van der Waals surface area contributed by atoms with Crippen molar-refractivity contribution in [2.24, 2.45) is 0 Å². The average Bonchev–Trinajstić information content (AvgIpc) is 2.73. The number of halogens is 1. The summed E-state index contributed by atoms with van der Waals surface area (Å²) in [7, 11) is 0. The van der Waals surface area contributed by atoms with E-state index in [1.807, 2.05) is 12.3 Å². The molecule has 0 atom stereocenters. The highest BCUT2D eigenvalue weighted by molar-refractivity contribution is 5.22. The van der Waals surface area contributed by atoms with Gasteiger partial charge in [0.05, 0.1) is 0 Å². The molecule has 0 saturated carbocycles. The molecular formula is C14H15FN2. The molecule has 3 heteroatoms. The van der Waals surface area contributed by atoms with E-state index in [9.17, 15) is 4.39 Å². The summed E-state index contributed by atoms with van der Waals surface area (Å²) >= 11 is 0. The zero-order valence-corrected chi connectivity index (χ0v) is 9.69. The Morgan fingerprint density at radius 3 is 3.12 bits per heavy atom. The third-order valence-corrected chi connectivity index (χ3v) is 3.34. The maximum atomic E-state index is 13.1. The summed E-state index contributed by atoms with van der Waals surface area (Å²) in [5.41, 5.74) is 2.31. The average molecular weight is 230 g/mol. The highest BCUT2D eigenvalue weighted by Gasteiger charge is 2.13. The fraction of sp³-hybridized carbons (Fsp3) is 0.357. The largest absolute Gasteiger partial charge is 0.332 e. The van der Waals surface area contributed by atoms with E-state index in [0.717, 1.165) is 30.8 Å². The number of fused-ring (bicyclic) bond motifs is 1. The third kappa shape index (κ3) is 2.09. The Kier molecular flexibility index (Phi) is 2.67. The van der Waals surface area contributed by atoms with Crippen molar-refractivity contribution in [1.82, 2.24) is 9.55 Å². The SMILES string of the molecule is Fc1cccc(Cc2ncc3n2CCCC3)c1. The fourth-order valence-electron chi connectivity index (χ4n) is 2.47. The van der Waals surface area contributed by atoms with Gasteiger partial charge >= 0.3 is 0 Å². The van der Waals surface area contributed by atoms with Gasteiger partial charge in [0.1, 0.15) is 11.6 Å². The van der Waals surface area contributed by atoms with Crippen LogP contribution < -0.4 is 0 Å². The van der Waals surface area contributed by atoms with Crippen LogP contribution in [0.1, 0.15) is 29.9 Å². The van der Waals surface area contributed by atoms with E-state index in [0.29, 0.717) is 0 Å². The molecule has 1 aromatic carbocycles. The Bertz CT molecular complexity index is 531. The molecule has 0 unspecified atom stereocenters. The molecule has 0 amide bonds. The summed E-state index contributed by atoms with van der Waals surface area (Å²) in [5, 5.41) is 0. The summed E-state index contributed by atoms with van der Waals surface area (Å²) < 4.78 is 15.4. The summed E-state index contributed by atoms with van der Waals surface area (Å²) in [6, 6.07) is 6.77. The minimum atomic E-state index is -0.173. The van der Waals surface area contributed by atoms with Gasteiger partial charge in [-0.1, -0.05) is 12.1 Å². The number of nitrogens with zero attached hydrogens (tertiary/aromatic N) is 2. The summed E-state index contributed by atoms with van der Waals surface area (Å²) in [5.74, 6) is 0.887. The Morgan fingerprint density at radius 1 is 1.29 bits per heavy atom. The van der Waals surface area contributed by atoms with E-state index < -0.39 is 0 Å². The number of hydrogen-bond donors (Lipinski definition) is 0. The van der Waals surface area contributed by atoms with Crippen LogP contribution >= 0.6 is 0 Å². The Hall–Kier alpha value is -1.64. The molecule has 1 aromatic heterocycles. The molecule has 0 radical (unpaired) electrons. The first-order valence-corrected chi connectivity index (χ1v) is 6.10. The van der Waals surface area contributed by atoms with Crippen molar-refractivity contribution in [2.45, 2.75) is 32.2 Å². The molecule has 0 bridgehead atoms. The molecule has 2 aromatic rings. The lowest BCUT2D eigenvalue weighted by Crippen LogP contribution is -2.12. The van der Waals surface area contributed by atoms with Gasteiger partial charge in [-0.25, -0.2) is 9.37 Å². The van der Waals surface area contributed by atoms with Gasteiger partial charge in [-0.3, -0.25) is 0 Å². The topological polar surface area (TPSA) is 17.8 Å². The molecule has 0 aliphatic carbocycles. The highest BCUT2D eigenvalue weighted by atomic mass is 19.1. The van der Waals surface area contributed by atoms with Gasteiger partial charge in [0.2, 0.25) is 0 Å². The molecule has 17 heavy (non-hydrogen) atoms. The smallest absolute Gasteiger partial charge is 0.123 e. The van der Waals surface area contributed by atoms with Crippen LogP contribution in [0.3, 0.4) is 0 Å². The van der Waals surface area contributed by atoms with E-state index in [1.165, 1.54) is 24.6 Å². The van der Waals surface area contributed by atoms with E-state index in [-0.39, 0.29) is 5.82 Å². The van der Waals surface area contributed by atoms with Crippen LogP contribution in [-0.4, -0.2) is 9.55 Å². The van der Waals surface area contributed by atoms with E-state index in [1.54, 1.807) is 12.1 Å². The molecule has 2 heterocycles. The van der Waals surface area contributed by atoms with Crippen LogP contribution in [-0.2, 0) is 19.4 Å². The zero-order valence-electron chi connectivity index (χ0n) is 9.69. The lowest BCUT2D eigenvalue weighted by molar-refractivity contribution is 0.517. The predicted molar refractivity (Wildman–Crippen MR) is 64.4 cm³/mol. The molecular weight excluding hydrogens is 215 g/mol. The Labute approximate surface area is 100 Å². The summed E-state index contributed by atoms with van der Waals surface area (Å²) in [4.78, 5) is 4.46. The maximum Gasteiger partial charge on any atom is 0.123 e. The second-order valence-electron chi connectivity index (χ2n) is 4.58. The molecule has 1 aliphatic heterocycles. The van der Waals surface area contributed by atoms with Crippen molar-refractivity contribution < 1.29 is 4.39 Å². The van der Waals surface area contributed by atoms with Crippen molar-refractivity contribution in [1.29, 1.82) is 0 Å². The van der Waals surface area contributed by atoms with Crippen LogP contribution in [0.25, 0.3) is 0 Å². The lowest BCUT2D eigenvalue weighted by atomic mass is 10.1. The second-order valence-corrected chi connectivity index (χ2v) is 4.58. The standard InChI is InChI=1S/C14H15FN2/c15-12-5-3-4-11(8-12)9-14-16-10-13-6-1-2-7-17(13)14/h3-5,8,10H,1-2,6-7,9H2. The first-order valence-electron chi connectivity index (χ1n) is 6.10. The van der Waals surface area contributed by atoms with Crippen LogP contribution in [0.15, 0.2) is 30.5 Å². The minimum Gasteiger partial charge on any atom is -0.332 e. The van der Waals surface area contributed by atoms with Crippen LogP contribution in [0, 0.1) is 5.82 Å². The van der Waals surface area contributed by atoms with Crippen molar-refractivity contribution in [3.63, 3.8) is 0 Å². The van der Waals surface area contributed by atoms with Crippen molar-refractivity contribution in [3.8, 4) is 0 Å². The molecule has 0 saturated heterocycles. The van der Waals surface area contributed by atoms with Gasteiger partial charge in [0.25, 0.3) is 0 Å². The van der Waals surface area contributed by atoms with Gasteiger partial charge in [-0.2, -0.15) is 0 Å². The molecule has 88 valence electrons. The minimum absolute atomic E-state index is 0.173. The van der Waals surface area contributed by atoms with Gasteiger partial charge in [0.15, 0.2) is 0 Å². The number of aryl methyl sites for hydroxylation is 1. The predicted octanol–water partition coefficient (Wildman–Crippen LogP) is 2.95. The number of imidazole rings is 1. The zero-order chi connectivity index (χ0) is 11.7. The fourth-order valence-corrected chi connectivity index (χ4v) is 2.47. The number of aromatic nitrogens is 2. The maximum absolute atomic E-state index is 13.1. The van der Waals surface area contributed by atoms with E-state index in [4.69, 9.17) is 0 Å². The molecule has 1 aliphatic rings. The van der Waals surface area contributed by atoms with E-state index in [2.05, 4.69) is 9.55 Å². The monoisotopic (exact) mass is 230 g/mol. The molecule has 0 N–H and O–H groups in total. The first kappa shape index (κ1) is 10.5. The first-order chi connectivity index (χ1) is 8.33. The third-order valence-electron chi connectivity index (χ3n) is 3.34. The van der Waals surface area contributed by atoms with Gasteiger partial charge in [-0.05, 0) is 37.0 Å². The number of rotatable bonds is 2. The van der Waals surface area contributed by atoms with E-state index >= 15 is 0 Å². The molecule has 0 fully saturated rings. The van der Waals surface area contributed by atoms with Crippen molar-refractivity contribution in [3.05, 3.63) is 53.4 Å². The van der Waals surface area contributed by atoms with Crippen molar-refractivity contribution in [2.75, 3.05) is 0 Å². The normalized spacial score (nSPS) is 14.6. The van der Waals surface area contributed by atoms with Gasteiger partial charge in [0, 0.05) is 24.9 Å². The van der Waals surface area contributed by atoms with Crippen LogP contribution in [0.5, 0.6) is 0 Å². The second kappa shape index (κ2) is 4.32. The van der Waals surface area contributed by atoms with Crippen LogP contribution in [0.4, 0.5) is 4.39 Å². The van der Waals surface area contributed by atoms with Crippen LogP contribution in [0.2, 0.25) is 0 Å². The molecule has 2 nitrogen and oxygen atoms in total. The number of benzene rings is 1. The van der Waals surface area contributed by atoms with Crippen molar-refractivity contribution >= 4 is 0 Å². The molecule has 0 spiro atoms. The Morgan fingerprint density at radius 2 is 2.24 bits per heavy atom. The van der Waals surface area contributed by atoms with Gasteiger partial charge in [-0.15, -0.1) is 0 Å². The summed E-state index contributed by atoms with van der Waals surface area (Å²) in [6.07, 6.45) is 6.28. The summed E-state index contributed by atoms with van der Waals surface area (Å²) in [6.45, 7) is 1.06. The highest BCUT2D eigenvalue weighted by Crippen LogP contribution is 2.18. The number of hydrogen-bond acceptors (Lipinski definition) is 1. The lowest BCUT2D eigenvalue weighted by Gasteiger charge is -2.16. The quantitative estimate of drug-likeness (QED) is 0.775.